The van der Waals surface area contributed by atoms with Gasteiger partial charge < -0.3 is 9.80 Å². The van der Waals surface area contributed by atoms with E-state index in [1.54, 1.807) is 28.3 Å². The van der Waals surface area contributed by atoms with Crippen LogP contribution in [0, 0.1) is 11.2 Å². The van der Waals surface area contributed by atoms with Gasteiger partial charge in [-0.05, 0) is 37.5 Å². The van der Waals surface area contributed by atoms with Crippen LogP contribution >= 0.6 is 0 Å². The molecule has 0 aliphatic carbocycles. The Morgan fingerprint density at radius 3 is 2.46 bits per heavy atom. The Morgan fingerprint density at radius 1 is 1.08 bits per heavy atom. The van der Waals surface area contributed by atoms with Gasteiger partial charge in [0, 0.05) is 25.2 Å². The molecule has 0 unspecified atom stereocenters. The average molecular weight is 354 g/mol. The summed E-state index contributed by atoms with van der Waals surface area (Å²) in [5.41, 5.74) is 0.642. The third-order valence-electron chi connectivity index (χ3n) is 5.45. The lowest BCUT2D eigenvalue weighted by molar-refractivity contribution is -0.127. The molecule has 0 radical (unpaired) electrons. The number of carbonyl (C=O) groups is 2. The van der Waals surface area contributed by atoms with Crippen LogP contribution in [-0.2, 0) is 4.79 Å². The van der Waals surface area contributed by atoms with Crippen molar-refractivity contribution in [1.29, 1.82) is 0 Å². The summed E-state index contributed by atoms with van der Waals surface area (Å²) in [5, 5.41) is 0. The van der Waals surface area contributed by atoms with E-state index < -0.39 is 11.2 Å². The van der Waals surface area contributed by atoms with Crippen molar-refractivity contribution in [3.05, 3.63) is 54.4 Å². The van der Waals surface area contributed by atoms with Crippen molar-refractivity contribution < 1.29 is 14.0 Å². The molecule has 3 heterocycles. The molecule has 0 atom stereocenters. The fourth-order valence-corrected chi connectivity index (χ4v) is 3.90. The highest BCUT2D eigenvalue weighted by atomic mass is 19.1. The van der Waals surface area contributed by atoms with Gasteiger partial charge in [0.05, 0.1) is 23.5 Å². The van der Waals surface area contributed by atoms with Gasteiger partial charge in [0.25, 0.3) is 5.91 Å². The van der Waals surface area contributed by atoms with Crippen LogP contribution in [-0.4, -0.2) is 46.3 Å². The highest BCUT2D eigenvalue weighted by molar-refractivity contribution is 6.00. The second kappa shape index (κ2) is 6.48. The van der Waals surface area contributed by atoms with Gasteiger partial charge in [-0.2, -0.15) is 0 Å². The van der Waals surface area contributed by atoms with Crippen molar-refractivity contribution in [3.8, 4) is 0 Å². The highest BCUT2D eigenvalue weighted by Crippen LogP contribution is 2.43. The second-order valence-corrected chi connectivity index (χ2v) is 6.89. The van der Waals surface area contributed by atoms with E-state index in [1.807, 2.05) is 0 Å². The quantitative estimate of drug-likeness (QED) is 0.830. The molecule has 4 rings (SSSR count). The predicted molar refractivity (Wildman–Crippen MR) is 93.0 cm³/mol. The highest BCUT2D eigenvalue weighted by Gasteiger charge is 2.49. The zero-order chi connectivity index (χ0) is 18.1. The Morgan fingerprint density at radius 2 is 1.77 bits per heavy atom. The van der Waals surface area contributed by atoms with Crippen LogP contribution in [0.1, 0.15) is 29.6 Å². The Labute approximate surface area is 150 Å². The Bertz CT molecular complexity index is 834. The van der Waals surface area contributed by atoms with Crippen molar-refractivity contribution in [1.82, 2.24) is 14.9 Å². The van der Waals surface area contributed by atoms with Crippen LogP contribution in [0.4, 0.5) is 10.1 Å². The first-order valence-electron chi connectivity index (χ1n) is 8.71. The summed E-state index contributed by atoms with van der Waals surface area (Å²) >= 11 is 0. The summed E-state index contributed by atoms with van der Waals surface area (Å²) in [7, 11) is 0. The number of carbonyl (C=O) groups excluding carboxylic acids is 2. The van der Waals surface area contributed by atoms with Gasteiger partial charge in [0.2, 0.25) is 5.91 Å². The van der Waals surface area contributed by atoms with Gasteiger partial charge in [-0.25, -0.2) is 14.4 Å². The molecule has 2 amide bonds. The number of rotatable bonds is 2. The molecule has 1 spiro atoms. The molecule has 0 bridgehead atoms. The van der Waals surface area contributed by atoms with Crippen LogP contribution in [0.5, 0.6) is 0 Å². The smallest absolute Gasteiger partial charge is 0.253 e. The van der Waals surface area contributed by atoms with Crippen LogP contribution in [0.25, 0.3) is 0 Å². The molecule has 134 valence electrons. The number of hydrogen-bond donors (Lipinski definition) is 0. The number of piperidine rings is 1. The van der Waals surface area contributed by atoms with Crippen LogP contribution in [0.3, 0.4) is 0 Å². The lowest BCUT2D eigenvalue weighted by atomic mass is 9.77. The minimum Gasteiger partial charge on any atom is -0.339 e. The maximum Gasteiger partial charge on any atom is 0.253 e. The van der Waals surface area contributed by atoms with Crippen LogP contribution in [0.15, 0.2) is 43.0 Å². The summed E-state index contributed by atoms with van der Waals surface area (Å²) < 4.78 is 13.4. The molecular weight excluding hydrogens is 335 g/mol. The largest absolute Gasteiger partial charge is 0.339 e. The Balaban J connectivity index is 1.45. The number of benzene rings is 1. The number of anilines is 1. The van der Waals surface area contributed by atoms with Crippen molar-refractivity contribution in [2.24, 2.45) is 5.41 Å². The SMILES string of the molecule is O=C(c1cccc(F)c1)N1CCC2(CC1)CCN(c1cncnc1)C2=O. The van der Waals surface area contributed by atoms with Crippen molar-refractivity contribution >= 4 is 17.5 Å². The molecule has 2 aliphatic heterocycles. The van der Waals surface area contributed by atoms with Gasteiger partial charge >= 0.3 is 0 Å². The standard InChI is InChI=1S/C19H19FN4O2/c20-15-3-1-2-14(10-15)17(25)23-7-4-19(5-8-23)6-9-24(18(19)26)16-11-21-13-22-12-16/h1-3,10-13H,4-9H2. The molecule has 0 N–H and O–H groups in total. The first-order chi connectivity index (χ1) is 12.6. The van der Waals surface area contributed by atoms with Crippen molar-refractivity contribution in [3.63, 3.8) is 0 Å². The molecule has 26 heavy (non-hydrogen) atoms. The number of aromatic nitrogens is 2. The predicted octanol–water partition coefficient (Wildman–Crippen LogP) is 2.28. The first-order valence-corrected chi connectivity index (χ1v) is 8.71. The molecule has 7 heteroatoms. The Kier molecular flexibility index (Phi) is 4.14. The maximum atomic E-state index is 13.4. The normalized spacial score (nSPS) is 19.2. The number of halogens is 1. The summed E-state index contributed by atoms with van der Waals surface area (Å²) in [5.74, 6) is -0.515. The molecule has 6 nitrogen and oxygen atoms in total. The van der Waals surface area contributed by atoms with E-state index in [-0.39, 0.29) is 11.8 Å². The topological polar surface area (TPSA) is 66.4 Å². The zero-order valence-corrected chi connectivity index (χ0v) is 14.3. The van der Waals surface area contributed by atoms with Crippen molar-refractivity contribution in [2.75, 3.05) is 24.5 Å². The zero-order valence-electron chi connectivity index (χ0n) is 14.3. The Hall–Kier alpha value is -2.83. The van der Waals surface area contributed by atoms with Crippen LogP contribution in [0.2, 0.25) is 0 Å². The van der Waals surface area contributed by atoms with Gasteiger partial charge in [0.1, 0.15) is 12.1 Å². The summed E-state index contributed by atoms with van der Waals surface area (Å²) in [6.45, 7) is 1.64. The number of hydrogen-bond acceptors (Lipinski definition) is 4. The molecule has 2 aromatic rings. The minimum atomic E-state index is -0.422. The fourth-order valence-electron chi connectivity index (χ4n) is 3.90. The molecule has 2 fully saturated rings. The number of nitrogens with zero attached hydrogens (tertiary/aromatic N) is 4. The maximum absolute atomic E-state index is 13.4. The average Bonchev–Trinajstić information content (AvgIpc) is 2.99. The molecule has 1 aromatic heterocycles. The number of likely N-dealkylation sites (tertiary alicyclic amines) is 1. The lowest BCUT2D eigenvalue weighted by Crippen LogP contribution is -2.46. The third-order valence-corrected chi connectivity index (χ3v) is 5.45. The van der Waals surface area contributed by atoms with E-state index in [0.717, 1.165) is 6.42 Å². The molecular formula is C19H19FN4O2. The second-order valence-electron chi connectivity index (χ2n) is 6.89. The van der Waals surface area contributed by atoms with Crippen LogP contribution < -0.4 is 4.90 Å². The number of amides is 2. The van der Waals surface area contributed by atoms with E-state index in [2.05, 4.69) is 9.97 Å². The molecule has 2 saturated heterocycles. The van der Waals surface area contributed by atoms with Gasteiger partial charge in [-0.3, -0.25) is 9.59 Å². The van der Waals surface area contributed by atoms with E-state index >= 15 is 0 Å². The van der Waals surface area contributed by atoms with E-state index in [0.29, 0.717) is 43.7 Å². The summed E-state index contributed by atoms with van der Waals surface area (Å²) in [6.07, 6.45) is 6.74. The summed E-state index contributed by atoms with van der Waals surface area (Å²) in [4.78, 5) is 37.0. The van der Waals surface area contributed by atoms with Crippen molar-refractivity contribution in [2.45, 2.75) is 19.3 Å². The van der Waals surface area contributed by atoms with E-state index in [1.165, 1.54) is 24.5 Å². The van der Waals surface area contributed by atoms with Gasteiger partial charge in [-0.15, -0.1) is 0 Å². The van der Waals surface area contributed by atoms with Gasteiger partial charge in [-0.1, -0.05) is 6.07 Å². The summed E-state index contributed by atoms with van der Waals surface area (Å²) in [6, 6.07) is 5.73. The third kappa shape index (κ3) is 2.83. The molecule has 0 saturated carbocycles. The fraction of sp³-hybridized carbons (Fsp3) is 0.368. The molecule has 2 aliphatic rings. The van der Waals surface area contributed by atoms with E-state index in [9.17, 15) is 14.0 Å². The monoisotopic (exact) mass is 354 g/mol. The van der Waals surface area contributed by atoms with E-state index in [4.69, 9.17) is 0 Å². The lowest BCUT2D eigenvalue weighted by Gasteiger charge is -2.38. The molecule has 1 aromatic carbocycles. The minimum absolute atomic E-state index is 0.0881. The first kappa shape index (κ1) is 16.6. The van der Waals surface area contributed by atoms with Gasteiger partial charge in [0.15, 0.2) is 0 Å².